The highest BCUT2D eigenvalue weighted by atomic mass is 32.2. The fraction of sp³-hybridized carbons (Fsp3) is 0.189. The smallest absolute Gasteiger partial charge is 0.0317 e. The summed E-state index contributed by atoms with van der Waals surface area (Å²) in [6.07, 6.45) is 11.3. The lowest BCUT2D eigenvalue weighted by Crippen LogP contribution is -2.01. The molecule has 1 aliphatic rings. The molecular formula is C37H36S. The van der Waals surface area contributed by atoms with Crippen molar-refractivity contribution in [2.45, 2.75) is 41.0 Å². The molecule has 0 saturated carbocycles. The van der Waals surface area contributed by atoms with Gasteiger partial charge in [0.1, 0.15) is 0 Å². The molecule has 0 amide bonds. The van der Waals surface area contributed by atoms with Crippen LogP contribution in [-0.2, 0) is 6.42 Å². The highest BCUT2D eigenvalue weighted by Gasteiger charge is 2.18. The van der Waals surface area contributed by atoms with Crippen molar-refractivity contribution in [1.82, 2.24) is 0 Å². The van der Waals surface area contributed by atoms with Gasteiger partial charge in [-0.2, -0.15) is 0 Å². The second-order valence-electron chi connectivity index (χ2n) is 9.77. The predicted octanol–water partition coefficient (Wildman–Crippen LogP) is 10.3. The normalized spacial score (nSPS) is 14.5. The molecule has 0 atom stereocenters. The number of allylic oxidation sites excluding steroid dienone is 7. The molecule has 0 aliphatic carbocycles. The van der Waals surface area contributed by atoms with Crippen molar-refractivity contribution >= 4 is 22.9 Å². The van der Waals surface area contributed by atoms with Gasteiger partial charge in [0, 0.05) is 16.2 Å². The van der Waals surface area contributed by atoms with E-state index in [-0.39, 0.29) is 0 Å². The summed E-state index contributed by atoms with van der Waals surface area (Å²) in [5.41, 5.74) is 14.2. The van der Waals surface area contributed by atoms with Gasteiger partial charge >= 0.3 is 0 Å². The maximum Gasteiger partial charge on any atom is 0.0317 e. The first-order valence-corrected chi connectivity index (χ1v) is 14.2. The SMILES string of the molecule is C#Cc1ccccc1/C(C)=C(C)/C(=C(/C)C(=C)C1=C(C)C=CCS1)c1ccc(-c2ccc(CC)cc2)cc1. The Morgan fingerprint density at radius 2 is 1.53 bits per heavy atom. The maximum atomic E-state index is 5.87. The minimum Gasteiger partial charge on any atom is -0.121 e. The van der Waals surface area contributed by atoms with E-state index in [1.165, 1.54) is 55.0 Å². The third kappa shape index (κ3) is 5.72. The van der Waals surface area contributed by atoms with Gasteiger partial charge in [-0.25, -0.2) is 0 Å². The first-order valence-electron chi connectivity index (χ1n) is 13.2. The van der Waals surface area contributed by atoms with Crippen molar-refractivity contribution in [3.63, 3.8) is 0 Å². The predicted molar refractivity (Wildman–Crippen MR) is 170 cm³/mol. The highest BCUT2D eigenvalue weighted by molar-refractivity contribution is 8.03. The molecule has 0 nitrogen and oxygen atoms in total. The molecule has 3 aromatic rings. The topological polar surface area (TPSA) is 0 Å². The van der Waals surface area contributed by atoms with Crippen LogP contribution in [0.4, 0.5) is 0 Å². The Labute approximate surface area is 233 Å². The van der Waals surface area contributed by atoms with Crippen LogP contribution in [0.1, 0.15) is 56.9 Å². The fourth-order valence-electron chi connectivity index (χ4n) is 4.99. The van der Waals surface area contributed by atoms with E-state index in [1.807, 2.05) is 23.9 Å². The van der Waals surface area contributed by atoms with E-state index in [4.69, 9.17) is 6.42 Å². The van der Waals surface area contributed by atoms with Crippen LogP contribution in [0.15, 0.2) is 119 Å². The van der Waals surface area contributed by atoms with Gasteiger partial charge in [-0.15, -0.1) is 18.2 Å². The van der Waals surface area contributed by atoms with E-state index in [2.05, 4.69) is 120 Å². The summed E-state index contributed by atoms with van der Waals surface area (Å²) in [6.45, 7) is 15.5. The van der Waals surface area contributed by atoms with Crippen molar-refractivity contribution in [2.75, 3.05) is 5.75 Å². The molecule has 0 N–H and O–H groups in total. The molecule has 0 saturated heterocycles. The second kappa shape index (κ2) is 12.2. The van der Waals surface area contributed by atoms with Crippen molar-refractivity contribution in [1.29, 1.82) is 0 Å². The van der Waals surface area contributed by atoms with Crippen molar-refractivity contribution in [2.24, 2.45) is 0 Å². The van der Waals surface area contributed by atoms with Crippen LogP contribution in [0.2, 0.25) is 0 Å². The standard InChI is InChI=1S/C37H36S/c1-8-30-16-18-32(19-17-30)33-20-22-34(23-21-33)36(28(6)29(7)37-25(3)13-12-24-38-37)27(5)26(4)35-15-11-10-14-31(35)9-2/h2,10-23H,7-8,24H2,1,3-6H3/b27-26+,36-28+. The van der Waals surface area contributed by atoms with Crippen LogP contribution in [0.5, 0.6) is 0 Å². The molecule has 0 bridgehead atoms. The average molecular weight is 513 g/mol. The summed E-state index contributed by atoms with van der Waals surface area (Å²) in [6, 6.07) is 26.0. The summed E-state index contributed by atoms with van der Waals surface area (Å²) in [4.78, 5) is 1.27. The number of hydrogen-bond donors (Lipinski definition) is 0. The van der Waals surface area contributed by atoms with Crippen LogP contribution >= 0.6 is 11.8 Å². The minimum atomic E-state index is 0.914. The average Bonchev–Trinajstić information content (AvgIpc) is 2.97. The molecule has 1 heterocycles. The quantitative estimate of drug-likeness (QED) is 0.224. The Morgan fingerprint density at radius 3 is 2.13 bits per heavy atom. The summed E-state index contributed by atoms with van der Waals surface area (Å²) in [5.74, 6) is 3.84. The number of rotatable bonds is 7. The van der Waals surface area contributed by atoms with Gasteiger partial charge in [-0.1, -0.05) is 98.3 Å². The molecule has 3 aromatic carbocycles. The van der Waals surface area contributed by atoms with E-state index < -0.39 is 0 Å². The van der Waals surface area contributed by atoms with E-state index in [0.717, 1.165) is 28.9 Å². The molecule has 1 aliphatic heterocycles. The van der Waals surface area contributed by atoms with Gasteiger partial charge < -0.3 is 0 Å². The van der Waals surface area contributed by atoms with Crippen LogP contribution in [0, 0.1) is 12.3 Å². The number of aryl methyl sites for hydroxylation is 1. The summed E-state index contributed by atoms with van der Waals surface area (Å²) < 4.78 is 0. The molecule has 0 aromatic heterocycles. The van der Waals surface area contributed by atoms with Gasteiger partial charge in [0.15, 0.2) is 0 Å². The van der Waals surface area contributed by atoms with Crippen molar-refractivity contribution < 1.29 is 0 Å². The first-order chi connectivity index (χ1) is 18.3. The van der Waals surface area contributed by atoms with E-state index in [0.29, 0.717) is 0 Å². The van der Waals surface area contributed by atoms with Gasteiger partial charge in [-0.05, 0) is 101 Å². The number of hydrogen-bond acceptors (Lipinski definition) is 1. The fourth-order valence-corrected chi connectivity index (χ4v) is 5.98. The molecule has 190 valence electrons. The molecule has 0 unspecified atom stereocenters. The second-order valence-corrected chi connectivity index (χ2v) is 10.8. The zero-order valence-electron chi connectivity index (χ0n) is 23.2. The molecule has 0 radical (unpaired) electrons. The van der Waals surface area contributed by atoms with Crippen molar-refractivity contribution in [3.8, 4) is 23.5 Å². The van der Waals surface area contributed by atoms with Gasteiger partial charge in [0.25, 0.3) is 0 Å². The van der Waals surface area contributed by atoms with Crippen LogP contribution in [-0.4, -0.2) is 5.75 Å². The summed E-state index contributed by atoms with van der Waals surface area (Å²) >= 11 is 1.86. The number of terminal acetylenes is 1. The van der Waals surface area contributed by atoms with Crippen LogP contribution in [0.25, 0.3) is 22.3 Å². The monoisotopic (exact) mass is 512 g/mol. The lowest BCUT2D eigenvalue weighted by Gasteiger charge is -2.22. The summed E-state index contributed by atoms with van der Waals surface area (Å²) in [5, 5.41) is 0. The third-order valence-corrected chi connectivity index (χ3v) is 8.66. The molecule has 0 fully saturated rings. The van der Waals surface area contributed by atoms with Crippen LogP contribution in [0.3, 0.4) is 0 Å². The van der Waals surface area contributed by atoms with Crippen LogP contribution < -0.4 is 0 Å². The molecule has 1 heteroatoms. The van der Waals surface area contributed by atoms with Crippen molar-refractivity contribution in [3.05, 3.63) is 141 Å². The summed E-state index contributed by atoms with van der Waals surface area (Å²) in [7, 11) is 0. The Hall–Kier alpha value is -3.73. The zero-order chi connectivity index (χ0) is 27.2. The van der Waals surface area contributed by atoms with Gasteiger partial charge in [0.2, 0.25) is 0 Å². The third-order valence-electron chi connectivity index (χ3n) is 7.44. The first kappa shape index (κ1) is 27.3. The van der Waals surface area contributed by atoms with E-state index in [1.54, 1.807) is 0 Å². The Kier molecular flexibility index (Phi) is 8.77. The molecule has 4 rings (SSSR count). The van der Waals surface area contributed by atoms with E-state index in [9.17, 15) is 0 Å². The van der Waals surface area contributed by atoms with E-state index >= 15 is 0 Å². The number of benzene rings is 3. The number of thioether (sulfide) groups is 1. The Morgan fingerprint density at radius 1 is 0.895 bits per heavy atom. The Balaban J connectivity index is 1.87. The lowest BCUT2D eigenvalue weighted by atomic mass is 9.85. The Bertz CT molecular complexity index is 1510. The lowest BCUT2D eigenvalue weighted by molar-refractivity contribution is 1.14. The molecule has 0 spiro atoms. The van der Waals surface area contributed by atoms with Gasteiger partial charge in [-0.3, -0.25) is 0 Å². The highest BCUT2D eigenvalue weighted by Crippen LogP contribution is 2.41. The zero-order valence-corrected chi connectivity index (χ0v) is 24.0. The molecular weight excluding hydrogens is 476 g/mol. The molecule has 38 heavy (non-hydrogen) atoms. The van der Waals surface area contributed by atoms with Gasteiger partial charge in [0.05, 0.1) is 0 Å². The minimum absolute atomic E-state index is 0.914. The largest absolute Gasteiger partial charge is 0.121 e. The maximum absolute atomic E-state index is 5.87.